The smallest absolute Gasteiger partial charge is 0.326 e. The first-order valence-electron chi connectivity index (χ1n) is 5.47. The average Bonchev–Trinajstić information content (AvgIpc) is 2.67. The first-order chi connectivity index (χ1) is 8.32. The van der Waals surface area contributed by atoms with Crippen molar-refractivity contribution in [2.75, 3.05) is 6.54 Å². The van der Waals surface area contributed by atoms with E-state index in [1.54, 1.807) is 0 Å². The lowest BCUT2D eigenvalue weighted by Crippen LogP contribution is -2.41. The molecule has 7 nitrogen and oxygen atoms in total. The highest BCUT2D eigenvalue weighted by atomic mass is 19.1. The third-order valence-electron chi connectivity index (χ3n) is 2.84. The number of nitrogens with zero attached hydrogens (tertiary/aromatic N) is 1. The van der Waals surface area contributed by atoms with Crippen molar-refractivity contribution in [3.63, 3.8) is 0 Å². The monoisotopic (exact) mass is 262 g/mol. The zero-order chi connectivity index (χ0) is 13.9. The van der Waals surface area contributed by atoms with Gasteiger partial charge in [0.25, 0.3) is 0 Å². The Balaban J connectivity index is 2.55. The number of carbonyl (C=O) groups is 3. The van der Waals surface area contributed by atoms with Gasteiger partial charge in [-0.1, -0.05) is 0 Å². The second kappa shape index (κ2) is 5.76. The van der Waals surface area contributed by atoms with Gasteiger partial charge in [-0.05, 0) is 6.42 Å². The lowest BCUT2D eigenvalue weighted by atomic mass is 10.1. The Morgan fingerprint density at radius 1 is 1.39 bits per heavy atom. The van der Waals surface area contributed by atoms with Crippen molar-refractivity contribution in [1.29, 1.82) is 0 Å². The number of halogens is 1. The molecule has 1 amide bonds. The van der Waals surface area contributed by atoms with E-state index in [1.165, 1.54) is 0 Å². The molecule has 0 spiro atoms. The summed E-state index contributed by atoms with van der Waals surface area (Å²) in [6.07, 6.45) is -1.90. The van der Waals surface area contributed by atoms with Crippen LogP contribution in [0.2, 0.25) is 0 Å². The summed E-state index contributed by atoms with van der Waals surface area (Å²) in [5, 5.41) is 17.4. The summed E-state index contributed by atoms with van der Waals surface area (Å²) >= 11 is 0. The number of carbonyl (C=O) groups excluding carboxylic acids is 1. The van der Waals surface area contributed by atoms with Crippen LogP contribution in [0.5, 0.6) is 0 Å². The van der Waals surface area contributed by atoms with E-state index >= 15 is 0 Å². The van der Waals surface area contributed by atoms with Gasteiger partial charge in [-0.2, -0.15) is 0 Å². The fourth-order valence-corrected chi connectivity index (χ4v) is 1.84. The molecule has 1 fully saturated rings. The lowest BCUT2D eigenvalue weighted by molar-refractivity contribution is -0.148. The van der Waals surface area contributed by atoms with Crippen LogP contribution < -0.4 is 5.73 Å². The van der Waals surface area contributed by atoms with Gasteiger partial charge in [-0.3, -0.25) is 9.59 Å². The standard InChI is InChI=1S/C10H15FN2O5/c11-5-3-7(10(17)18)13(4-5)8(14)2-1-6(12)9(15)16/h5-7H,1-4,12H2,(H,15,16)(H,17,18)/t5-,6+,7+/m1/s1. The van der Waals surface area contributed by atoms with Crippen LogP contribution in [0, 0.1) is 0 Å². The van der Waals surface area contributed by atoms with Gasteiger partial charge in [-0.25, -0.2) is 9.18 Å². The van der Waals surface area contributed by atoms with Crippen molar-refractivity contribution in [2.24, 2.45) is 5.73 Å². The molecule has 4 N–H and O–H groups in total. The summed E-state index contributed by atoms with van der Waals surface area (Å²) < 4.78 is 13.1. The van der Waals surface area contributed by atoms with Crippen LogP contribution >= 0.6 is 0 Å². The molecule has 0 aromatic carbocycles. The van der Waals surface area contributed by atoms with Crippen LogP contribution in [-0.4, -0.2) is 57.8 Å². The third-order valence-corrected chi connectivity index (χ3v) is 2.84. The number of amides is 1. The van der Waals surface area contributed by atoms with Crippen molar-refractivity contribution >= 4 is 17.8 Å². The highest BCUT2D eigenvalue weighted by Gasteiger charge is 2.39. The summed E-state index contributed by atoms with van der Waals surface area (Å²) in [7, 11) is 0. The number of carboxylic acids is 2. The van der Waals surface area contributed by atoms with Crippen molar-refractivity contribution in [3.8, 4) is 0 Å². The number of likely N-dealkylation sites (tertiary alicyclic amines) is 1. The number of hydrogen-bond acceptors (Lipinski definition) is 4. The van der Waals surface area contributed by atoms with E-state index in [2.05, 4.69) is 0 Å². The molecule has 3 atom stereocenters. The maximum atomic E-state index is 13.1. The van der Waals surface area contributed by atoms with E-state index < -0.39 is 36.1 Å². The highest BCUT2D eigenvalue weighted by Crippen LogP contribution is 2.21. The quantitative estimate of drug-likeness (QED) is 0.596. The van der Waals surface area contributed by atoms with Crippen LogP contribution in [0.25, 0.3) is 0 Å². The van der Waals surface area contributed by atoms with Crippen LogP contribution in [0.3, 0.4) is 0 Å². The molecular weight excluding hydrogens is 247 g/mol. The summed E-state index contributed by atoms with van der Waals surface area (Å²) in [5.74, 6) is -3.08. The minimum Gasteiger partial charge on any atom is -0.480 e. The molecule has 18 heavy (non-hydrogen) atoms. The third kappa shape index (κ3) is 3.39. The predicted molar refractivity (Wildman–Crippen MR) is 57.5 cm³/mol. The molecule has 1 heterocycles. The van der Waals surface area contributed by atoms with Gasteiger partial charge in [0.1, 0.15) is 18.3 Å². The normalized spacial score (nSPS) is 24.9. The van der Waals surface area contributed by atoms with E-state index in [-0.39, 0.29) is 25.8 Å². The second-order valence-corrected chi connectivity index (χ2v) is 4.22. The topological polar surface area (TPSA) is 121 Å². The maximum Gasteiger partial charge on any atom is 0.326 e. The van der Waals surface area contributed by atoms with Gasteiger partial charge in [-0.15, -0.1) is 0 Å². The lowest BCUT2D eigenvalue weighted by Gasteiger charge is -2.21. The Hall–Kier alpha value is -1.70. The molecule has 0 unspecified atom stereocenters. The van der Waals surface area contributed by atoms with Crippen molar-refractivity contribution in [3.05, 3.63) is 0 Å². The summed E-state index contributed by atoms with van der Waals surface area (Å²) in [6, 6.07) is -2.35. The molecule has 0 aliphatic carbocycles. The number of hydrogen-bond donors (Lipinski definition) is 3. The molecule has 1 aliphatic heterocycles. The van der Waals surface area contributed by atoms with Crippen LogP contribution in [0.4, 0.5) is 4.39 Å². The SMILES string of the molecule is N[C@@H](CCC(=O)N1C[C@H](F)C[C@H]1C(=O)O)C(=O)O. The second-order valence-electron chi connectivity index (χ2n) is 4.22. The molecular formula is C10H15FN2O5. The maximum absolute atomic E-state index is 13.1. The largest absolute Gasteiger partial charge is 0.480 e. The predicted octanol–water partition coefficient (Wildman–Crippen LogP) is -0.798. The Morgan fingerprint density at radius 2 is 2.00 bits per heavy atom. The van der Waals surface area contributed by atoms with E-state index in [4.69, 9.17) is 15.9 Å². The van der Waals surface area contributed by atoms with E-state index in [0.717, 1.165) is 4.90 Å². The highest BCUT2D eigenvalue weighted by molar-refractivity contribution is 5.85. The Kier molecular flexibility index (Phi) is 4.60. The minimum atomic E-state index is -1.36. The van der Waals surface area contributed by atoms with E-state index in [1.807, 2.05) is 0 Å². The van der Waals surface area contributed by atoms with Gasteiger partial charge >= 0.3 is 11.9 Å². The number of alkyl halides is 1. The molecule has 102 valence electrons. The molecule has 0 bridgehead atoms. The van der Waals surface area contributed by atoms with Crippen LogP contribution in [0.1, 0.15) is 19.3 Å². The van der Waals surface area contributed by atoms with Crippen LogP contribution in [-0.2, 0) is 14.4 Å². The summed E-state index contributed by atoms with van der Waals surface area (Å²) in [5.41, 5.74) is 5.22. The van der Waals surface area contributed by atoms with Gasteiger partial charge < -0.3 is 20.8 Å². The molecule has 1 aliphatic rings. The average molecular weight is 262 g/mol. The Labute approximate surface area is 102 Å². The molecule has 0 saturated carbocycles. The van der Waals surface area contributed by atoms with E-state index in [0.29, 0.717) is 0 Å². The molecule has 0 radical (unpaired) electrons. The van der Waals surface area contributed by atoms with Gasteiger partial charge in [0, 0.05) is 12.8 Å². The molecule has 8 heteroatoms. The van der Waals surface area contributed by atoms with Gasteiger partial charge in [0.2, 0.25) is 5.91 Å². The molecule has 0 aromatic rings. The van der Waals surface area contributed by atoms with E-state index in [9.17, 15) is 18.8 Å². The number of carboxylic acid groups (broad SMARTS) is 2. The fourth-order valence-electron chi connectivity index (χ4n) is 1.84. The van der Waals surface area contributed by atoms with Crippen LogP contribution in [0.15, 0.2) is 0 Å². The Bertz CT molecular complexity index is 362. The first-order valence-corrected chi connectivity index (χ1v) is 5.47. The summed E-state index contributed by atoms with van der Waals surface area (Å²) in [4.78, 5) is 33.9. The van der Waals surface area contributed by atoms with Crippen molar-refractivity contribution in [2.45, 2.75) is 37.5 Å². The number of aliphatic carboxylic acids is 2. The first kappa shape index (κ1) is 14.4. The zero-order valence-electron chi connectivity index (χ0n) is 9.58. The zero-order valence-corrected chi connectivity index (χ0v) is 9.58. The van der Waals surface area contributed by atoms with Crippen molar-refractivity contribution in [1.82, 2.24) is 4.90 Å². The van der Waals surface area contributed by atoms with Gasteiger partial charge in [0.15, 0.2) is 0 Å². The van der Waals surface area contributed by atoms with Gasteiger partial charge in [0.05, 0.1) is 6.54 Å². The molecule has 1 rings (SSSR count). The number of rotatable bonds is 5. The number of nitrogens with two attached hydrogens (primary N) is 1. The molecule has 1 saturated heterocycles. The Morgan fingerprint density at radius 3 is 2.50 bits per heavy atom. The minimum absolute atomic E-state index is 0.103. The van der Waals surface area contributed by atoms with Crippen molar-refractivity contribution < 1.29 is 29.0 Å². The fraction of sp³-hybridized carbons (Fsp3) is 0.700. The molecule has 0 aromatic heterocycles. The summed E-state index contributed by atoms with van der Waals surface area (Å²) in [6.45, 7) is -0.266.